The molecule has 6 heterocycles. The van der Waals surface area contributed by atoms with Crippen molar-refractivity contribution in [3.8, 4) is 11.5 Å². The van der Waals surface area contributed by atoms with E-state index in [0.29, 0.717) is 28.5 Å². The van der Waals surface area contributed by atoms with Gasteiger partial charge in [0.05, 0.1) is 24.0 Å². The van der Waals surface area contributed by atoms with Crippen molar-refractivity contribution in [3.05, 3.63) is 60.3 Å². The van der Waals surface area contributed by atoms with E-state index < -0.39 is 11.7 Å². The molecule has 0 unspecified atom stereocenters. The van der Waals surface area contributed by atoms with E-state index in [4.69, 9.17) is 9.72 Å². The number of aromatic amines is 1. The molecule has 2 atom stereocenters. The fourth-order valence-electron chi connectivity index (χ4n) is 6.33. The van der Waals surface area contributed by atoms with Crippen LogP contribution in [0.1, 0.15) is 36.4 Å². The van der Waals surface area contributed by atoms with Crippen LogP contribution in [0.4, 0.5) is 19.0 Å². The van der Waals surface area contributed by atoms with E-state index in [1.54, 1.807) is 6.20 Å². The van der Waals surface area contributed by atoms with E-state index in [1.165, 1.54) is 23.1 Å². The number of alkyl halides is 3. The van der Waals surface area contributed by atoms with Crippen molar-refractivity contribution in [1.82, 2.24) is 34.4 Å². The zero-order chi connectivity index (χ0) is 26.6. The first-order chi connectivity index (χ1) is 18.9. The molecule has 7 rings (SSSR count). The van der Waals surface area contributed by atoms with Gasteiger partial charge >= 0.3 is 6.18 Å². The van der Waals surface area contributed by atoms with Crippen LogP contribution < -0.4 is 4.90 Å². The van der Waals surface area contributed by atoms with E-state index in [-0.39, 0.29) is 6.04 Å². The van der Waals surface area contributed by atoms with Gasteiger partial charge in [0.15, 0.2) is 5.82 Å². The number of piperazine rings is 1. The lowest BCUT2D eigenvalue weighted by Gasteiger charge is -2.42. The SMILES string of the molecule is FC(F)(F)c1ccc2ncc(-c3nccc(N4CCN(C[C@H]5CC56CCOCC6)[C@H](c5cn[nH]c5)C4)n3)n2c1. The normalized spacial score (nSPS) is 23.5. The number of imidazole rings is 1. The molecule has 39 heavy (non-hydrogen) atoms. The summed E-state index contributed by atoms with van der Waals surface area (Å²) in [7, 11) is 0. The number of nitrogens with zero attached hydrogens (tertiary/aromatic N) is 7. The Labute approximate surface area is 223 Å². The van der Waals surface area contributed by atoms with Gasteiger partial charge in [-0.2, -0.15) is 18.3 Å². The predicted octanol–water partition coefficient (Wildman–Crippen LogP) is 4.21. The molecule has 1 aliphatic carbocycles. The van der Waals surface area contributed by atoms with Crippen LogP contribution in [0, 0.1) is 11.3 Å². The lowest BCUT2D eigenvalue weighted by Crippen LogP contribution is -2.49. The van der Waals surface area contributed by atoms with Gasteiger partial charge in [-0.05, 0) is 48.8 Å². The highest BCUT2D eigenvalue weighted by Crippen LogP contribution is 2.59. The molecule has 0 amide bonds. The molecule has 3 fully saturated rings. The minimum Gasteiger partial charge on any atom is -0.381 e. The number of hydrogen-bond donors (Lipinski definition) is 1. The molecule has 9 nitrogen and oxygen atoms in total. The zero-order valence-electron chi connectivity index (χ0n) is 21.3. The highest BCUT2D eigenvalue weighted by molar-refractivity contribution is 5.59. The first-order valence-corrected chi connectivity index (χ1v) is 13.3. The van der Waals surface area contributed by atoms with Gasteiger partial charge in [0, 0.05) is 63.5 Å². The lowest BCUT2D eigenvalue weighted by atomic mass is 9.93. The standard InChI is InChI=1S/C27H29F3N8O/c28-27(29,30)19-1-2-23-32-14-21(38(23)16-19)25-31-6-3-24(35-25)37-8-7-36(22(17-37)18-12-33-34-13-18)15-20-11-26(20)4-9-39-10-5-26/h1-3,6,12-14,16,20,22H,4-5,7-11,15,17H2,(H,33,34)/t20-,22+/m1/s1. The number of halogens is 3. The lowest BCUT2D eigenvalue weighted by molar-refractivity contribution is -0.137. The summed E-state index contributed by atoms with van der Waals surface area (Å²) in [5.74, 6) is 1.77. The fraction of sp³-hybridized carbons (Fsp3) is 0.481. The zero-order valence-corrected chi connectivity index (χ0v) is 21.3. The molecular formula is C27H29F3N8O. The van der Waals surface area contributed by atoms with Crippen LogP contribution in [0.2, 0.25) is 0 Å². The Bertz CT molecular complexity index is 1460. The number of aromatic nitrogens is 6. The fourth-order valence-corrected chi connectivity index (χ4v) is 6.33. The minimum absolute atomic E-state index is 0.151. The second-order valence-electron chi connectivity index (χ2n) is 10.9. The maximum atomic E-state index is 13.3. The van der Waals surface area contributed by atoms with Crippen molar-refractivity contribution in [1.29, 1.82) is 0 Å². The monoisotopic (exact) mass is 538 g/mol. The molecule has 2 aliphatic heterocycles. The van der Waals surface area contributed by atoms with Gasteiger partial charge in [0.2, 0.25) is 0 Å². The van der Waals surface area contributed by atoms with Gasteiger partial charge in [-0.25, -0.2) is 15.0 Å². The Morgan fingerprint density at radius 1 is 1.08 bits per heavy atom. The molecular weight excluding hydrogens is 509 g/mol. The molecule has 1 saturated carbocycles. The third kappa shape index (κ3) is 4.55. The third-order valence-electron chi connectivity index (χ3n) is 8.72. The number of pyridine rings is 1. The molecule has 4 aromatic heterocycles. The van der Waals surface area contributed by atoms with E-state index in [0.717, 1.165) is 75.9 Å². The summed E-state index contributed by atoms with van der Waals surface area (Å²) in [4.78, 5) is 18.2. The van der Waals surface area contributed by atoms with Gasteiger partial charge in [-0.3, -0.25) is 14.4 Å². The van der Waals surface area contributed by atoms with Gasteiger partial charge in [-0.1, -0.05) is 0 Å². The number of rotatable bonds is 5. The number of nitrogens with one attached hydrogen (secondary N) is 1. The van der Waals surface area contributed by atoms with Crippen LogP contribution in [0.5, 0.6) is 0 Å². The maximum absolute atomic E-state index is 13.3. The molecule has 1 spiro atoms. The van der Waals surface area contributed by atoms with Crippen molar-refractivity contribution < 1.29 is 17.9 Å². The molecule has 204 valence electrons. The number of fused-ring (bicyclic) bond motifs is 1. The number of H-pyrrole nitrogens is 1. The summed E-state index contributed by atoms with van der Waals surface area (Å²) >= 11 is 0. The Morgan fingerprint density at radius 3 is 2.74 bits per heavy atom. The molecule has 1 N–H and O–H groups in total. The van der Waals surface area contributed by atoms with Crippen LogP contribution in [-0.4, -0.2) is 73.8 Å². The summed E-state index contributed by atoms with van der Waals surface area (Å²) in [5.41, 5.74) is 1.67. The second-order valence-corrected chi connectivity index (χ2v) is 10.9. The molecule has 0 aromatic carbocycles. The first-order valence-electron chi connectivity index (χ1n) is 13.3. The van der Waals surface area contributed by atoms with Crippen molar-refractivity contribution >= 4 is 11.5 Å². The van der Waals surface area contributed by atoms with Gasteiger partial charge in [0.25, 0.3) is 0 Å². The number of anilines is 1. The predicted molar refractivity (Wildman–Crippen MR) is 137 cm³/mol. The average Bonchev–Trinajstić information content (AvgIpc) is 3.33. The highest BCUT2D eigenvalue weighted by atomic mass is 19.4. The van der Waals surface area contributed by atoms with E-state index in [1.807, 2.05) is 18.5 Å². The summed E-state index contributed by atoms with van der Waals surface area (Å²) in [6.45, 7) is 5.19. The quantitative estimate of drug-likeness (QED) is 0.407. The molecule has 0 radical (unpaired) electrons. The first kappa shape index (κ1) is 24.5. The summed E-state index contributed by atoms with van der Waals surface area (Å²) < 4.78 is 47.0. The van der Waals surface area contributed by atoms with Crippen molar-refractivity contribution in [2.45, 2.75) is 31.5 Å². The van der Waals surface area contributed by atoms with Gasteiger partial charge in [-0.15, -0.1) is 0 Å². The van der Waals surface area contributed by atoms with Crippen LogP contribution in [0.25, 0.3) is 17.2 Å². The second kappa shape index (κ2) is 9.30. The number of ether oxygens (including phenoxy) is 1. The van der Waals surface area contributed by atoms with Crippen molar-refractivity contribution in [2.24, 2.45) is 11.3 Å². The summed E-state index contributed by atoms with van der Waals surface area (Å²) in [6.07, 6.45) is 7.21. The average molecular weight is 539 g/mol. The Morgan fingerprint density at radius 2 is 1.95 bits per heavy atom. The molecule has 3 aliphatic rings. The largest absolute Gasteiger partial charge is 0.417 e. The Kier molecular flexibility index (Phi) is 5.85. The molecule has 0 bridgehead atoms. The van der Waals surface area contributed by atoms with Crippen LogP contribution >= 0.6 is 0 Å². The van der Waals surface area contributed by atoms with Gasteiger partial charge in [0.1, 0.15) is 17.2 Å². The molecule has 4 aromatic rings. The third-order valence-corrected chi connectivity index (χ3v) is 8.72. The highest BCUT2D eigenvalue weighted by Gasteiger charge is 2.54. The smallest absolute Gasteiger partial charge is 0.381 e. The summed E-state index contributed by atoms with van der Waals surface area (Å²) in [6, 6.07) is 4.39. The van der Waals surface area contributed by atoms with Crippen molar-refractivity contribution in [2.75, 3.05) is 44.3 Å². The molecule has 12 heteroatoms. The Hall–Kier alpha value is -3.51. The van der Waals surface area contributed by atoms with Crippen LogP contribution in [-0.2, 0) is 10.9 Å². The van der Waals surface area contributed by atoms with E-state index in [9.17, 15) is 13.2 Å². The minimum atomic E-state index is -4.45. The topological polar surface area (TPSA) is 87.5 Å². The van der Waals surface area contributed by atoms with E-state index >= 15 is 0 Å². The van der Waals surface area contributed by atoms with Crippen LogP contribution in [0.15, 0.2) is 49.2 Å². The maximum Gasteiger partial charge on any atom is 0.417 e. The van der Waals surface area contributed by atoms with Crippen molar-refractivity contribution in [3.63, 3.8) is 0 Å². The van der Waals surface area contributed by atoms with E-state index in [2.05, 4.69) is 30.0 Å². The van der Waals surface area contributed by atoms with Crippen LogP contribution in [0.3, 0.4) is 0 Å². The number of hydrogen-bond acceptors (Lipinski definition) is 7. The molecule has 2 saturated heterocycles. The van der Waals surface area contributed by atoms with Gasteiger partial charge < -0.3 is 9.64 Å². The Balaban J connectivity index is 1.14. The summed E-state index contributed by atoms with van der Waals surface area (Å²) in [5, 5.41) is 7.17.